The summed E-state index contributed by atoms with van der Waals surface area (Å²) in [4.78, 5) is 0. The molecule has 0 bridgehead atoms. The maximum Gasteiger partial charge on any atom is 3.00 e. The molecule has 0 spiro atoms. The molecule has 0 rings (SSSR count). The van der Waals surface area contributed by atoms with Crippen LogP contribution in [0.15, 0.2) is 0 Å². The van der Waals surface area contributed by atoms with Crippen molar-refractivity contribution in [3.05, 3.63) is 0 Å². The molecule has 0 unspecified atom stereocenters. The molecule has 0 aliphatic carbocycles. The van der Waals surface area contributed by atoms with E-state index in [9.17, 15) is 0 Å². The van der Waals surface area contributed by atoms with Crippen molar-refractivity contribution in [2.24, 2.45) is 0 Å². The molecular formula is C2H3NRu+3. The Hall–Kier alpha value is 0.113. The molecule has 4 heavy (non-hydrogen) atoms. The summed E-state index contributed by atoms with van der Waals surface area (Å²) in [6.07, 6.45) is 0. The fourth-order valence-corrected chi connectivity index (χ4v) is 0. The topological polar surface area (TPSA) is 23.8 Å². The molecule has 0 aliphatic rings. The van der Waals surface area contributed by atoms with Crippen molar-refractivity contribution in [2.45, 2.75) is 6.92 Å². The van der Waals surface area contributed by atoms with Crippen LogP contribution in [0.1, 0.15) is 6.92 Å². The predicted molar refractivity (Wildman–Crippen MR) is 11.3 cm³/mol. The third kappa shape index (κ3) is 204. The van der Waals surface area contributed by atoms with Crippen molar-refractivity contribution in [3.8, 4) is 6.07 Å². The van der Waals surface area contributed by atoms with Crippen LogP contribution in [0.4, 0.5) is 0 Å². The van der Waals surface area contributed by atoms with Crippen LogP contribution in [-0.2, 0) is 19.5 Å². The summed E-state index contributed by atoms with van der Waals surface area (Å²) in [5.41, 5.74) is 0. The van der Waals surface area contributed by atoms with Gasteiger partial charge in [-0.1, -0.05) is 0 Å². The number of nitriles is 1. The third-order valence-corrected chi connectivity index (χ3v) is 0. The Kier molecular flexibility index (Phi) is 25.0. The Morgan fingerprint density at radius 3 is 1.75 bits per heavy atom. The molecule has 0 amide bonds. The zero-order chi connectivity index (χ0) is 2.71. The van der Waals surface area contributed by atoms with Crippen LogP contribution >= 0.6 is 0 Å². The Labute approximate surface area is 38.4 Å². The molecule has 21 valence electrons. The third-order valence-electron chi connectivity index (χ3n) is 0. The number of rotatable bonds is 0. The summed E-state index contributed by atoms with van der Waals surface area (Å²) >= 11 is 0. The van der Waals surface area contributed by atoms with Crippen molar-refractivity contribution >= 4 is 0 Å². The first-order valence-electron chi connectivity index (χ1n) is 0.724. The van der Waals surface area contributed by atoms with Crippen LogP contribution in [0, 0.1) is 11.3 Å². The van der Waals surface area contributed by atoms with Gasteiger partial charge in [0, 0.05) is 6.92 Å². The van der Waals surface area contributed by atoms with Crippen LogP contribution in [-0.4, -0.2) is 0 Å². The zero-order valence-corrected chi connectivity index (χ0v) is 4.04. The fourth-order valence-electron chi connectivity index (χ4n) is 0. The van der Waals surface area contributed by atoms with E-state index < -0.39 is 0 Å². The van der Waals surface area contributed by atoms with Gasteiger partial charge in [0.25, 0.3) is 0 Å². The molecule has 0 aromatic carbocycles. The van der Waals surface area contributed by atoms with E-state index in [1.807, 2.05) is 0 Å². The van der Waals surface area contributed by atoms with E-state index in [4.69, 9.17) is 5.26 Å². The van der Waals surface area contributed by atoms with Gasteiger partial charge in [-0.2, -0.15) is 5.26 Å². The van der Waals surface area contributed by atoms with E-state index in [1.165, 1.54) is 6.92 Å². The average molecular weight is 142 g/mol. The van der Waals surface area contributed by atoms with E-state index in [0.29, 0.717) is 0 Å². The molecule has 0 heterocycles. The van der Waals surface area contributed by atoms with E-state index in [2.05, 4.69) is 0 Å². The van der Waals surface area contributed by atoms with Gasteiger partial charge in [0.1, 0.15) is 0 Å². The second kappa shape index (κ2) is 11.2. The Morgan fingerprint density at radius 1 is 1.75 bits per heavy atom. The van der Waals surface area contributed by atoms with Gasteiger partial charge in [-0.05, 0) is 0 Å². The van der Waals surface area contributed by atoms with Crippen molar-refractivity contribution in [1.29, 1.82) is 5.26 Å². The van der Waals surface area contributed by atoms with Gasteiger partial charge in [-0.3, -0.25) is 0 Å². The standard InChI is InChI=1S/C2H3N.Ru/c1-2-3;/h1H3;/q;+3. The van der Waals surface area contributed by atoms with Gasteiger partial charge in [0.2, 0.25) is 0 Å². The minimum absolute atomic E-state index is 0. The monoisotopic (exact) mass is 143 g/mol. The van der Waals surface area contributed by atoms with Gasteiger partial charge in [0.15, 0.2) is 0 Å². The molecule has 0 saturated carbocycles. The van der Waals surface area contributed by atoms with E-state index in [-0.39, 0.29) is 19.5 Å². The average Bonchev–Trinajstić information content (AvgIpc) is 0.918. The molecule has 0 saturated heterocycles. The summed E-state index contributed by atoms with van der Waals surface area (Å²) in [7, 11) is 0. The summed E-state index contributed by atoms with van der Waals surface area (Å²) in [5, 5.41) is 7.32. The Morgan fingerprint density at radius 2 is 1.75 bits per heavy atom. The van der Waals surface area contributed by atoms with Gasteiger partial charge in [-0.25, -0.2) is 0 Å². The molecule has 1 radical (unpaired) electrons. The first kappa shape index (κ1) is 8.93. The predicted octanol–water partition coefficient (Wildman–Crippen LogP) is 0.527. The Balaban J connectivity index is 0. The minimum atomic E-state index is 0. The zero-order valence-electron chi connectivity index (χ0n) is 2.30. The molecule has 0 aliphatic heterocycles. The van der Waals surface area contributed by atoms with Gasteiger partial charge < -0.3 is 0 Å². The molecule has 0 fully saturated rings. The van der Waals surface area contributed by atoms with Crippen molar-refractivity contribution in [2.75, 3.05) is 0 Å². The van der Waals surface area contributed by atoms with Crippen LogP contribution in [0.25, 0.3) is 0 Å². The van der Waals surface area contributed by atoms with E-state index in [1.54, 1.807) is 6.07 Å². The molecule has 2 heteroatoms. The SMILES string of the molecule is CC#N.[Ru+3]. The van der Waals surface area contributed by atoms with Gasteiger partial charge in [-0.15, -0.1) is 0 Å². The summed E-state index contributed by atoms with van der Waals surface area (Å²) in [5.74, 6) is 0. The Bertz CT molecular complexity index is 27.5. The summed E-state index contributed by atoms with van der Waals surface area (Å²) < 4.78 is 0. The van der Waals surface area contributed by atoms with Crippen molar-refractivity contribution in [3.63, 3.8) is 0 Å². The summed E-state index contributed by atoms with van der Waals surface area (Å²) in [6, 6.07) is 1.75. The fraction of sp³-hybridized carbons (Fsp3) is 0.500. The van der Waals surface area contributed by atoms with Crippen LogP contribution in [0.2, 0.25) is 0 Å². The smallest absolute Gasteiger partial charge is 0.199 e. The van der Waals surface area contributed by atoms with Gasteiger partial charge in [0.05, 0.1) is 6.07 Å². The first-order chi connectivity index (χ1) is 1.41. The molecule has 0 aromatic heterocycles. The van der Waals surface area contributed by atoms with E-state index in [0.717, 1.165) is 0 Å². The number of hydrogen-bond acceptors (Lipinski definition) is 1. The molecule has 0 aromatic rings. The number of hydrogen-bond donors (Lipinski definition) is 0. The molecule has 0 N–H and O–H groups in total. The largest absolute Gasteiger partial charge is 3.00 e. The number of nitrogens with zero attached hydrogens (tertiary/aromatic N) is 1. The van der Waals surface area contributed by atoms with Crippen LogP contribution in [0.5, 0.6) is 0 Å². The van der Waals surface area contributed by atoms with Crippen molar-refractivity contribution < 1.29 is 19.5 Å². The first-order valence-corrected chi connectivity index (χ1v) is 0.724. The minimum Gasteiger partial charge on any atom is -0.199 e. The maximum absolute atomic E-state index is 7.32. The van der Waals surface area contributed by atoms with Crippen molar-refractivity contribution in [1.82, 2.24) is 0 Å². The second-order valence-electron chi connectivity index (χ2n) is 0.224. The van der Waals surface area contributed by atoms with Gasteiger partial charge >= 0.3 is 19.5 Å². The molecular weight excluding hydrogens is 139 g/mol. The summed E-state index contributed by atoms with van der Waals surface area (Å²) in [6.45, 7) is 1.43. The quantitative estimate of drug-likeness (QED) is 0.452. The molecule has 1 nitrogen and oxygen atoms in total. The van der Waals surface area contributed by atoms with E-state index >= 15 is 0 Å². The normalized spacial score (nSPS) is 2.00. The second-order valence-corrected chi connectivity index (χ2v) is 0.224. The molecule has 0 atom stereocenters. The van der Waals surface area contributed by atoms with Crippen LogP contribution < -0.4 is 0 Å². The maximum atomic E-state index is 7.32. The van der Waals surface area contributed by atoms with Crippen LogP contribution in [0.3, 0.4) is 0 Å².